The number of rotatable bonds is 1. The maximum atomic E-state index is 5.66. The van der Waals surface area contributed by atoms with Gasteiger partial charge in [0.05, 0.1) is 5.69 Å². The fourth-order valence-corrected chi connectivity index (χ4v) is 1.94. The molecule has 0 aliphatic carbocycles. The predicted molar refractivity (Wildman–Crippen MR) is 55.1 cm³/mol. The fraction of sp³-hybridized carbons (Fsp3) is 0.125. The van der Waals surface area contributed by atoms with Gasteiger partial charge >= 0.3 is 0 Å². The van der Waals surface area contributed by atoms with Crippen molar-refractivity contribution >= 4 is 21.9 Å². The SMILES string of the molecule is Cn1c(N)nc(Br)c1-c1cc[nH]c1. The Morgan fingerprint density at radius 3 is 2.85 bits per heavy atom. The van der Waals surface area contributed by atoms with E-state index < -0.39 is 0 Å². The van der Waals surface area contributed by atoms with Gasteiger partial charge in [0.1, 0.15) is 4.60 Å². The lowest BCUT2D eigenvalue weighted by molar-refractivity contribution is 0.938. The van der Waals surface area contributed by atoms with Gasteiger partial charge in [-0.15, -0.1) is 0 Å². The third-order valence-corrected chi connectivity index (χ3v) is 2.51. The van der Waals surface area contributed by atoms with Crippen LogP contribution in [0, 0.1) is 0 Å². The van der Waals surface area contributed by atoms with Crippen LogP contribution in [-0.2, 0) is 7.05 Å². The van der Waals surface area contributed by atoms with Gasteiger partial charge in [0.15, 0.2) is 0 Å². The van der Waals surface area contributed by atoms with E-state index in [9.17, 15) is 0 Å². The average Bonchev–Trinajstić information content (AvgIpc) is 2.63. The standard InChI is InChI=1S/C8H9BrN4/c1-13-6(5-2-3-11-4-5)7(9)12-8(13)10/h2-4,11H,1H3,(H2,10,12). The molecule has 0 aliphatic rings. The minimum atomic E-state index is 0.503. The number of aromatic amines is 1. The Balaban J connectivity index is 2.64. The molecule has 0 amide bonds. The summed E-state index contributed by atoms with van der Waals surface area (Å²) < 4.78 is 2.61. The van der Waals surface area contributed by atoms with Crippen LogP contribution in [0.2, 0.25) is 0 Å². The van der Waals surface area contributed by atoms with Crippen LogP contribution in [0.1, 0.15) is 0 Å². The van der Waals surface area contributed by atoms with Crippen molar-refractivity contribution in [1.82, 2.24) is 14.5 Å². The summed E-state index contributed by atoms with van der Waals surface area (Å²) >= 11 is 3.36. The van der Waals surface area contributed by atoms with E-state index in [1.54, 1.807) is 0 Å². The molecule has 0 fully saturated rings. The van der Waals surface area contributed by atoms with Gasteiger partial charge in [0.25, 0.3) is 0 Å². The highest BCUT2D eigenvalue weighted by atomic mass is 79.9. The first-order valence-electron chi connectivity index (χ1n) is 3.81. The number of imidazole rings is 1. The number of aromatic nitrogens is 3. The number of nitrogens with two attached hydrogens (primary N) is 1. The van der Waals surface area contributed by atoms with Gasteiger partial charge in [-0.25, -0.2) is 4.98 Å². The second kappa shape index (κ2) is 2.92. The zero-order chi connectivity index (χ0) is 9.42. The first-order chi connectivity index (χ1) is 6.20. The molecule has 68 valence electrons. The van der Waals surface area contributed by atoms with E-state index >= 15 is 0 Å². The lowest BCUT2D eigenvalue weighted by atomic mass is 10.2. The first-order valence-corrected chi connectivity index (χ1v) is 4.60. The van der Waals surface area contributed by atoms with Gasteiger partial charge in [0, 0.05) is 25.0 Å². The van der Waals surface area contributed by atoms with Gasteiger partial charge in [-0.3, -0.25) is 0 Å². The summed E-state index contributed by atoms with van der Waals surface area (Å²) in [6, 6.07) is 1.97. The summed E-state index contributed by atoms with van der Waals surface area (Å²) in [5.74, 6) is 0.503. The number of nitrogens with one attached hydrogen (secondary N) is 1. The van der Waals surface area contributed by atoms with Crippen molar-refractivity contribution in [2.45, 2.75) is 0 Å². The Morgan fingerprint density at radius 2 is 2.38 bits per heavy atom. The summed E-state index contributed by atoms with van der Waals surface area (Å²) in [4.78, 5) is 7.10. The second-order valence-corrected chi connectivity index (χ2v) is 3.52. The number of hydrogen-bond acceptors (Lipinski definition) is 2. The number of H-pyrrole nitrogens is 1. The smallest absolute Gasteiger partial charge is 0.201 e. The van der Waals surface area contributed by atoms with Crippen LogP contribution in [0.4, 0.5) is 5.95 Å². The van der Waals surface area contributed by atoms with Crippen molar-refractivity contribution in [3.05, 3.63) is 23.1 Å². The number of nitrogen functional groups attached to an aromatic ring is 1. The Hall–Kier alpha value is -1.23. The number of nitrogens with zero attached hydrogens (tertiary/aromatic N) is 2. The summed E-state index contributed by atoms with van der Waals surface area (Å²) in [6.45, 7) is 0. The molecule has 2 rings (SSSR count). The van der Waals surface area contributed by atoms with E-state index in [2.05, 4.69) is 25.9 Å². The molecule has 0 atom stereocenters. The molecular weight excluding hydrogens is 232 g/mol. The molecule has 2 aromatic rings. The molecule has 0 saturated heterocycles. The molecule has 5 heteroatoms. The maximum absolute atomic E-state index is 5.66. The van der Waals surface area contributed by atoms with Crippen molar-refractivity contribution in [3.63, 3.8) is 0 Å². The monoisotopic (exact) mass is 240 g/mol. The van der Waals surface area contributed by atoms with Crippen LogP contribution >= 0.6 is 15.9 Å². The van der Waals surface area contributed by atoms with E-state index in [1.165, 1.54) is 0 Å². The van der Waals surface area contributed by atoms with E-state index in [-0.39, 0.29) is 0 Å². The lowest BCUT2D eigenvalue weighted by Gasteiger charge is -2.00. The minimum absolute atomic E-state index is 0.503. The molecule has 0 bridgehead atoms. The third kappa shape index (κ3) is 1.25. The Labute approximate surface area is 83.9 Å². The van der Waals surface area contributed by atoms with Crippen molar-refractivity contribution < 1.29 is 0 Å². The number of hydrogen-bond donors (Lipinski definition) is 2. The average molecular weight is 241 g/mol. The van der Waals surface area contributed by atoms with Crippen LogP contribution < -0.4 is 5.73 Å². The van der Waals surface area contributed by atoms with Crippen molar-refractivity contribution in [1.29, 1.82) is 0 Å². The van der Waals surface area contributed by atoms with Gasteiger partial charge < -0.3 is 15.3 Å². The van der Waals surface area contributed by atoms with Gasteiger partial charge in [0.2, 0.25) is 5.95 Å². The largest absolute Gasteiger partial charge is 0.369 e. The first kappa shape index (κ1) is 8.37. The molecular formula is C8H9BrN4. The number of anilines is 1. The summed E-state index contributed by atoms with van der Waals surface area (Å²) in [5, 5.41) is 0. The third-order valence-electron chi connectivity index (χ3n) is 1.96. The van der Waals surface area contributed by atoms with Gasteiger partial charge in [-0.05, 0) is 22.0 Å². The quantitative estimate of drug-likeness (QED) is 0.799. The normalized spacial score (nSPS) is 10.6. The molecule has 4 nitrogen and oxygen atoms in total. The van der Waals surface area contributed by atoms with Crippen LogP contribution in [0.25, 0.3) is 11.3 Å². The zero-order valence-electron chi connectivity index (χ0n) is 7.08. The highest BCUT2D eigenvalue weighted by Crippen LogP contribution is 2.28. The molecule has 0 saturated carbocycles. The van der Waals surface area contributed by atoms with Crippen LogP contribution in [0.5, 0.6) is 0 Å². The Kier molecular flexibility index (Phi) is 1.88. The molecule has 13 heavy (non-hydrogen) atoms. The van der Waals surface area contributed by atoms with Crippen molar-refractivity contribution in [2.75, 3.05) is 5.73 Å². The molecule has 0 unspecified atom stereocenters. The minimum Gasteiger partial charge on any atom is -0.369 e. The molecule has 0 aliphatic heterocycles. The summed E-state index contributed by atoms with van der Waals surface area (Å²) in [6.07, 6.45) is 3.77. The van der Waals surface area contributed by atoms with Crippen LogP contribution in [0.15, 0.2) is 23.1 Å². The molecule has 0 aromatic carbocycles. The van der Waals surface area contributed by atoms with Crippen molar-refractivity contribution in [2.24, 2.45) is 7.05 Å². The van der Waals surface area contributed by atoms with Crippen molar-refractivity contribution in [3.8, 4) is 11.3 Å². The van der Waals surface area contributed by atoms with E-state index in [4.69, 9.17) is 5.73 Å². The Morgan fingerprint density at radius 1 is 1.62 bits per heavy atom. The highest BCUT2D eigenvalue weighted by molar-refractivity contribution is 9.10. The summed E-state index contributed by atoms with van der Waals surface area (Å²) in [7, 11) is 1.88. The summed E-state index contributed by atoms with van der Waals surface area (Å²) in [5.41, 5.74) is 7.71. The zero-order valence-corrected chi connectivity index (χ0v) is 8.67. The fourth-order valence-electron chi connectivity index (χ4n) is 1.27. The van der Waals surface area contributed by atoms with E-state index in [0.29, 0.717) is 5.95 Å². The maximum Gasteiger partial charge on any atom is 0.201 e. The molecule has 2 heterocycles. The molecule has 0 spiro atoms. The second-order valence-electron chi connectivity index (χ2n) is 2.77. The van der Waals surface area contributed by atoms with E-state index in [0.717, 1.165) is 15.9 Å². The van der Waals surface area contributed by atoms with Crippen LogP contribution in [0.3, 0.4) is 0 Å². The lowest BCUT2D eigenvalue weighted by Crippen LogP contribution is -1.97. The Bertz CT molecular complexity index is 416. The highest BCUT2D eigenvalue weighted by Gasteiger charge is 2.12. The van der Waals surface area contributed by atoms with Crippen LogP contribution in [-0.4, -0.2) is 14.5 Å². The molecule has 2 aromatic heterocycles. The molecule has 0 radical (unpaired) electrons. The van der Waals surface area contributed by atoms with Gasteiger partial charge in [-0.2, -0.15) is 0 Å². The van der Waals surface area contributed by atoms with E-state index in [1.807, 2.05) is 30.1 Å². The van der Waals surface area contributed by atoms with Gasteiger partial charge in [-0.1, -0.05) is 0 Å². The predicted octanol–water partition coefficient (Wildman–Crippen LogP) is 1.76. The number of halogens is 1. The molecule has 3 N–H and O–H groups in total. The topological polar surface area (TPSA) is 59.6 Å².